The van der Waals surface area contributed by atoms with Gasteiger partial charge in [-0.3, -0.25) is 4.98 Å². The Balaban J connectivity index is 2.66. The van der Waals surface area contributed by atoms with E-state index in [2.05, 4.69) is 26.1 Å². The third-order valence-electron chi connectivity index (χ3n) is 2.88. The molecule has 0 amide bonds. The van der Waals surface area contributed by atoms with E-state index in [4.69, 9.17) is 10.1 Å². The van der Waals surface area contributed by atoms with Crippen LogP contribution < -0.4 is 0 Å². The number of nitrogens with zero attached hydrogens (tertiary/aromatic N) is 3. The van der Waals surface area contributed by atoms with Crippen molar-refractivity contribution in [2.75, 3.05) is 0 Å². The first-order chi connectivity index (χ1) is 11.2. The van der Waals surface area contributed by atoms with Crippen molar-refractivity contribution in [3.63, 3.8) is 0 Å². The molecule has 24 heavy (non-hydrogen) atoms. The van der Waals surface area contributed by atoms with Gasteiger partial charge in [0, 0.05) is 16.2 Å². The molecule has 0 bridgehead atoms. The maximum atomic E-state index is 10.3. The molecule has 7 heteroatoms. The van der Waals surface area contributed by atoms with Gasteiger partial charge in [0.15, 0.2) is 0 Å². The lowest BCUT2D eigenvalue weighted by molar-refractivity contribution is 0.00109. The molecule has 0 saturated carbocycles. The van der Waals surface area contributed by atoms with Crippen LogP contribution in [0, 0.1) is 11.3 Å². The van der Waals surface area contributed by atoms with Crippen LogP contribution in [0.5, 0.6) is 11.5 Å². The zero-order valence-electron chi connectivity index (χ0n) is 13.4. The maximum Gasteiger partial charge on any atom is 0.143 e. The minimum absolute atomic E-state index is 0.103. The van der Waals surface area contributed by atoms with Crippen molar-refractivity contribution < 1.29 is 15.1 Å². The molecule has 0 aliphatic heterocycles. The molecule has 0 aliphatic rings. The average Bonchev–Trinajstić information content (AvgIpc) is 2.50. The molecule has 0 atom stereocenters. The van der Waals surface area contributed by atoms with Gasteiger partial charge in [-0.25, -0.2) is 0 Å². The van der Waals surface area contributed by atoms with E-state index in [-0.39, 0.29) is 34.0 Å². The predicted octanol–water partition coefficient (Wildman–Crippen LogP) is 3.69. The Labute approximate surface area is 148 Å². The fraction of sp³-hybridized carbons (Fsp3) is 0.235. The Hall–Kier alpha value is -2.59. The monoisotopic (exact) mass is 389 g/mol. The minimum atomic E-state index is -0.574. The van der Waals surface area contributed by atoms with Gasteiger partial charge < -0.3 is 15.1 Å². The van der Waals surface area contributed by atoms with Crippen molar-refractivity contribution in [3.8, 4) is 17.6 Å². The molecule has 0 aliphatic carbocycles. The molecule has 0 saturated heterocycles. The second-order valence-electron chi connectivity index (χ2n) is 5.98. The molecule has 124 valence electrons. The Morgan fingerprint density at radius 1 is 1.29 bits per heavy atom. The van der Waals surface area contributed by atoms with Crippen LogP contribution in [0.1, 0.15) is 37.6 Å². The van der Waals surface area contributed by atoms with Gasteiger partial charge in [-0.15, -0.1) is 0 Å². The standard InChI is InChI=1S/C17H16BrN3O3/c1-17(2,3)24-21-15(16-13(22)5-4-6-20-16)11-8-12(18)10(9-19)7-14(11)23/h4-8,22-23H,1-3H3/b21-15-. The van der Waals surface area contributed by atoms with Gasteiger partial charge in [0.2, 0.25) is 0 Å². The summed E-state index contributed by atoms with van der Waals surface area (Å²) in [6.07, 6.45) is 1.50. The molecule has 2 rings (SSSR count). The number of phenols is 1. The first kappa shape index (κ1) is 17.8. The van der Waals surface area contributed by atoms with E-state index in [1.165, 1.54) is 24.4 Å². The van der Waals surface area contributed by atoms with Crippen molar-refractivity contribution in [3.05, 3.63) is 51.8 Å². The number of hydrogen-bond acceptors (Lipinski definition) is 6. The van der Waals surface area contributed by atoms with E-state index in [9.17, 15) is 10.2 Å². The van der Waals surface area contributed by atoms with Crippen LogP contribution in [0.4, 0.5) is 0 Å². The summed E-state index contributed by atoms with van der Waals surface area (Å²) in [5, 5.41) is 33.5. The highest BCUT2D eigenvalue weighted by Gasteiger charge is 2.21. The summed E-state index contributed by atoms with van der Waals surface area (Å²) in [7, 11) is 0. The molecule has 1 aromatic carbocycles. The number of nitriles is 1. The second kappa shape index (κ2) is 6.89. The highest BCUT2D eigenvalue weighted by molar-refractivity contribution is 9.10. The molecular weight excluding hydrogens is 374 g/mol. The second-order valence-corrected chi connectivity index (χ2v) is 6.83. The number of oxime groups is 1. The largest absolute Gasteiger partial charge is 0.507 e. The predicted molar refractivity (Wildman–Crippen MR) is 92.9 cm³/mol. The third-order valence-corrected chi connectivity index (χ3v) is 3.54. The molecule has 6 nitrogen and oxygen atoms in total. The number of rotatable bonds is 3. The first-order valence-corrected chi connectivity index (χ1v) is 7.85. The smallest absolute Gasteiger partial charge is 0.143 e. The summed E-state index contributed by atoms with van der Waals surface area (Å²) in [6.45, 7) is 5.46. The van der Waals surface area contributed by atoms with Crippen molar-refractivity contribution in [2.45, 2.75) is 26.4 Å². The van der Waals surface area contributed by atoms with Crippen molar-refractivity contribution in [1.29, 1.82) is 5.26 Å². The molecule has 0 spiro atoms. The van der Waals surface area contributed by atoms with Crippen LogP contribution in [0.3, 0.4) is 0 Å². The summed E-state index contributed by atoms with van der Waals surface area (Å²) in [4.78, 5) is 9.57. The summed E-state index contributed by atoms with van der Waals surface area (Å²) >= 11 is 3.28. The van der Waals surface area contributed by atoms with Crippen LogP contribution in [0.25, 0.3) is 0 Å². The zero-order chi connectivity index (χ0) is 17.9. The number of hydrogen-bond donors (Lipinski definition) is 2. The summed E-state index contributed by atoms with van der Waals surface area (Å²) < 4.78 is 0.483. The quantitative estimate of drug-likeness (QED) is 0.615. The molecule has 0 fully saturated rings. The lowest BCUT2D eigenvalue weighted by atomic mass is 10.0. The summed E-state index contributed by atoms with van der Waals surface area (Å²) in [6, 6.07) is 7.85. The SMILES string of the molecule is CC(C)(C)O/N=C(/c1cc(Br)c(C#N)cc1O)c1ncccc1O. The van der Waals surface area contributed by atoms with Gasteiger partial charge in [0.25, 0.3) is 0 Å². The van der Waals surface area contributed by atoms with E-state index in [0.29, 0.717) is 4.47 Å². The van der Waals surface area contributed by atoms with Gasteiger partial charge in [-0.05, 0) is 61.0 Å². The normalized spacial score (nSPS) is 11.9. The first-order valence-electron chi connectivity index (χ1n) is 7.06. The molecule has 1 heterocycles. The maximum absolute atomic E-state index is 10.3. The molecule has 2 N–H and O–H groups in total. The Bertz CT molecular complexity index is 836. The van der Waals surface area contributed by atoms with Gasteiger partial charge in [-0.2, -0.15) is 5.26 Å². The van der Waals surface area contributed by atoms with Gasteiger partial charge >= 0.3 is 0 Å². The average molecular weight is 390 g/mol. The Morgan fingerprint density at radius 2 is 2.00 bits per heavy atom. The number of benzene rings is 1. The van der Waals surface area contributed by atoms with Crippen LogP contribution in [0.2, 0.25) is 0 Å². The van der Waals surface area contributed by atoms with Gasteiger partial charge in [-0.1, -0.05) is 5.16 Å². The highest BCUT2D eigenvalue weighted by atomic mass is 79.9. The number of aromatic nitrogens is 1. The van der Waals surface area contributed by atoms with Gasteiger partial charge in [0.05, 0.1) is 5.56 Å². The lowest BCUT2D eigenvalue weighted by Crippen LogP contribution is -2.18. The van der Waals surface area contributed by atoms with E-state index >= 15 is 0 Å². The number of phenolic OH excluding ortho intramolecular Hbond substituents is 1. The molecule has 0 radical (unpaired) electrons. The van der Waals surface area contributed by atoms with E-state index in [0.717, 1.165) is 0 Å². The lowest BCUT2D eigenvalue weighted by Gasteiger charge is -2.18. The fourth-order valence-corrected chi connectivity index (χ4v) is 2.25. The van der Waals surface area contributed by atoms with Gasteiger partial charge in [0.1, 0.15) is 34.6 Å². The molecule has 0 unspecified atom stereocenters. The number of aromatic hydroxyl groups is 2. The molecule has 1 aromatic heterocycles. The van der Waals surface area contributed by atoms with Crippen molar-refractivity contribution >= 4 is 21.6 Å². The summed E-state index contributed by atoms with van der Waals surface area (Å²) in [5.41, 5.74) is 0.297. The Morgan fingerprint density at radius 3 is 2.58 bits per heavy atom. The number of halogens is 1. The van der Waals surface area contributed by atoms with Crippen molar-refractivity contribution in [1.82, 2.24) is 4.98 Å². The minimum Gasteiger partial charge on any atom is -0.507 e. The summed E-state index contributed by atoms with van der Waals surface area (Å²) in [5.74, 6) is -0.273. The van der Waals surface area contributed by atoms with E-state index in [1.54, 1.807) is 6.07 Å². The zero-order valence-corrected chi connectivity index (χ0v) is 15.0. The van der Waals surface area contributed by atoms with Crippen LogP contribution in [-0.2, 0) is 4.84 Å². The van der Waals surface area contributed by atoms with Crippen LogP contribution >= 0.6 is 15.9 Å². The Kier molecular flexibility index (Phi) is 5.10. The topological polar surface area (TPSA) is 98.7 Å². The van der Waals surface area contributed by atoms with E-state index in [1.807, 2.05) is 26.8 Å². The molecule has 2 aromatic rings. The fourth-order valence-electron chi connectivity index (χ4n) is 1.82. The van der Waals surface area contributed by atoms with E-state index < -0.39 is 5.60 Å². The van der Waals surface area contributed by atoms with Crippen LogP contribution in [0.15, 0.2) is 40.1 Å². The highest BCUT2D eigenvalue weighted by Crippen LogP contribution is 2.30. The molecular formula is C17H16BrN3O3. The third kappa shape index (κ3) is 4.03. The van der Waals surface area contributed by atoms with Crippen molar-refractivity contribution in [2.24, 2.45) is 5.16 Å². The van der Waals surface area contributed by atoms with Crippen LogP contribution in [-0.4, -0.2) is 26.5 Å². The number of pyridine rings is 1.